The largest absolute Gasteiger partial charge is 0.386 e. The summed E-state index contributed by atoms with van der Waals surface area (Å²) in [6, 6.07) is 5.54. The highest BCUT2D eigenvalue weighted by Crippen LogP contribution is 2.36. The Morgan fingerprint density at radius 1 is 0.640 bits per heavy atom. The van der Waals surface area contributed by atoms with Crippen LogP contribution in [-0.2, 0) is 9.47 Å². The van der Waals surface area contributed by atoms with Crippen molar-refractivity contribution >= 4 is 34.6 Å². The topological polar surface area (TPSA) is 113 Å². The molecule has 0 atom stereocenters. The van der Waals surface area contributed by atoms with E-state index in [0.29, 0.717) is 0 Å². The van der Waals surface area contributed by atoms with E-state index >= 15 is 0 Å². The van der Waals surface area contributed by atoms with Gasteiger partial charge in [0.05, 0.1) is 22.3 Å². The zero-order valence-corrected chi connectivity index (χ0v) is 13.8. The van der Waals surface area contributed by atoms with Crippen molar-refractivity contribution in [3.05, 3.63) is 46.5 Å². The third-order valence-corrected chi connectivity index (χ3v) is 3.41. The van der Waals surface area contributed by atoms with Gasteiger partial charge in [-0.3, -0.25) is 0 Å². The summed E-state index contributed by atoms with van der Waals surface area (Å²) in [6.07, 6.45) is 0. The molecule has 7 nitrogen and oxygen atoms in total. The molecule has 2 N–H and O–H groups in total. The van der Waals surface area contributed by atoms with Crippen LogP contribution in [-0.4, -0.2) is 29.4 Å². The fourth-order valence-corrected chi connectivity index (χ4v) is 2.56. The summed E-state index contributed by atoms with van der Waals surface area (Å²) in [5.74, 6) is -3.18. The maximum Gasteiger partial charge on any atom is 0.346 e. The molecule has 128 valence electrons. The van der Waals surface area contributed by atoms with Crippen molar-refractivity contribution < 1.29 is 28.7 Å². The van der Waals surface area contributed by atoms with Gasteiger partial charge in [-0.15, -0.1) is 0 Å². The Labute approximate surface area is 142 Å². The van der Waals surface area contributed by atoms with E-state index in [-0.39, 0.29) is 38.6 Å². The first-order valence-electron chi connectivity index (χ1n) is 7.49. The van der Waals surface area contributed by atoms with Gasteiger partial charge in [-0.25, -0.2) is 19.2 Å². The predicted molar refractivity (Wildman–Crippen MR) is 87.4 cm³/mol. The van der Waals surface area contributed by atoms with Crippen molar-refractivity contribution in [2.45, 2.75) is 26.3 Å². The maximum absolute atomic E-state index is 11.7. The fraction of sp³-hybridized carbons (Fsp3) is 0.222. The van der Waals surface area contributed by atoms with Crippen molar-refractivity contribution in [1.29, 1.82) is 0 Å². The van der Waals surface area contributed by atoms with E-state index in [4.69, 9.17) is 5.73 Å². The van der Waals surface area contributed by atoms with Gasteiger partial charge in [-0.05, 0) is 45.0 Å². The smallest absolute Gasteiger partial charge is 0.346 e. The lowest BCUT2D eigenvalue weighted by Gasteiger charge is -2.21. The van der Waals surface area contributed by atoms with Gasteiger partial charge in [-0.2, -0.15) is 0 Å². The Morgan fingerprint density at radius 3 is 1.04 bits per heavy atom. The lowest BCUT2D eigenvalue weighted by molar-refractivity contribution is 0.0366. The second-order valence-corrected chi connectivity index (χ2v) is 6.79. The van der Waals surface area contributed by atoms with Crippen LogP contribution in [0.5, 0.6) is 0 Å². The minimum atomic E-state index is -0.794. The van der Waals surface area contributed by atoms with E-state index in [1.54, 1.807) is 0 Å². The van der Waals surface area contributed by atoms with Crippen molar-refractivity contribution in [3.8, 4) is 0 Å². The molecule has 0 spiro atoms. The van der Waals surface area contributed by atoms with Crippen LogP contribution in [0.25, 0.3) is 10.8 Å². The Bertz CT molecular complexity index is 822. The number of hydrogen-bond acceptors (Lipinski definition) is 7. The molecule has 2 aromatic rings. The SMILES string of the molecule is CC(C)(C)N.O=C1OC(=O)c2ccc3c4c(ccc1c24)C(=O)OC3=O. The molecule has 0 aromatic heterocycles. The first-order valence-corrected chi connectivity index (χ1v) is 7.49. The van der Waals surface area contributed by atoms with Crippen LogP contribution in [0.1, 0.15) is 62.2 Å². The van der Waals surface area contributed by atoms with Crippen LogP contribution in [0, 0.1) is 0 Å². The quantitative estimate of drug-likeness (QED) is 0.577. The second-order valence-electron chi connectivity index (χ2n) is 6.79. The number of carbonyl (C=O) groups is 4. The minimum Gasteiger partial charge on any atom is -0.386 e. The number of cyclic esters (lactones) is 4. The molecule has 0 bridgehead atoms. The Kier molecular flexibility index (Phi) is 3.69. The van der Waals surface area contributed by atoms with E-state index in [0.717, 1.165) is 0 Å². The fourth-order valence-electron chi connectivity index (χ4n) is 2.56. The van der Waals surface area contributed by atoms with Crippen LogP contribution in [0.3, 0.4) is 0 Å². The molecular formula is C18H15NO6. The number of carbonyl (C=O) groups excluding carboxylic acids is 4. The molecular weight excluding hydrogens is 326 g/mol. The number of esters is 4. The van der Waals surface area contributed by atoms with Crippen molar-refractivity contribution in [3.63, 3.8) is 0 Å². The van der Waals surface area contributed by atoms with Gasteiger partial charge in [0.1, 0.15) is 0 Å². The normalized spacial score (nSPS) is 15.4. The average molecular weight is 341 g/mol. The van der Waals surface area contributed by atoms with Crippen LogP contribution >= 0.6 is 0 Å². The standard InChI is InChI=1S/C14H4O6.C4H11N/c15-11-5-1-2-6-10-8(14(18)20-12(6)16)4-3-7(9(5)10)13(17)19-11;1-4(2,3)5/h1-4H;5H2,1-3H3. The van der Waals surface area contributed by atoms with Gasteiger partial charge < -0.3 is 15.2 Å². The van der Waals surface area contributed by atoms with E-state index < -0.39 is 23.9 Å². The number of rotatable bonds is 0. The molecule has 0 saturated carbocycles. The van der Waals surface area contributed by atoms with E-state index in [1.807, 2.05) is 20.8 Å². The summed E-state index contributed by atoms with van der Waals surface area (Å²) in [4.78, 5) is 46.9. The molecule has 0 aliphatic carbocycles. The van der Waals surface area contributed by atoms with Gasteiger partial charge in [0, 0.05) is 16.3 Å². The molecule has 2 aliphatic heterocycles. The zero-order chi connectivity index (χ0) is 18.5. The van der Waals surface area contributed by atoms with Gasteiger partial charge in [0.15, 0.2) is 0 Å². The van der Waals surface area contributed by atoms with Gasteiger partial charge in [0.25, 0.3) is 0 Å². The molecule has 0 unspecified atom stereocenters. The van der Waals surface area contributed by atoms with Crippen LogP contribution < -0.4 is 5.73 Å². The molecule has 0 radical (unpaired) electrons. The molecule has 0 saturated heterocycles. The minimum absolute atomic E-state index is 0. The van der Waals surface area contributed by atoms with Crippen molar-refractivity contribution in [2.24, 2.45) is 5.73 Å². The zero-order valence-electron chi connectivity index (χ0n) is 13.8. The second kappa shape index (κ2) is 5.49. The number of nitrogens with two attached hydrogens (primary N) is 1. The summed E-state index contributed by atoms with van der Waals surface area (Å²) >= 11 is 0. The Balaban J connectivity index is 0.000000324. The molecule has 2 aromatic carbocycles. The Hall–Kier alpha value is -3.06. The molecule has 25 heavy (non-hydrogen) atoms. The summed E-state index contributed by atoms with van der Waals surface area (Å²) in [6.45, 7) is 5.90. The van der Waals surface area contributed by atoms with E-state index in [9.17, 15) is 19.2 Å². The maximum atomic E-state index is 11.7. The third kappa shape index (κ3) is 2.89. The Morgan fingerprint density at radius 2 is 0.840 bits per heavy atom. The average Bonchev–Trinajstić information content (AvgIpc) is 2.48. The van der Waals surface area contributed by atoms with E-state index in [2.05, 4.69) is 9.47 Å². The summed E-state index contributed by atoms with van der Waals surface area (Å²) in [7, 11) is 0. The van der Waals surface area contributed by atoms with Crippen molar-refractivity contribution in [1.82, 2.24) is 0 Å². The molecule has 7 heteroatoms. The molecule has 0 fully saturated rings. The summed E-state index contributed by atoms with van der Waals surface area (Å²) in [5.41, 5.74) is 5.98. The number of ether oxygens (including phenoxy) is 2. The molecule has 0 amide bonds. The van der Waals surface area contributed by atoms with E-state index in [1.165, 1.54) is 24.3 Å². The number of hydrogen-bond donors (Lipinski definition) is 1. The first kappa shape index (κ1) is 16.8. The molecule has 2 heterocycles. The summed E-state index contributed by atoms with van der Waals surface area (Å²) < 4.78 is 9.22. The van der Waals surface area contributed by atoms with Gasteiger partial charge in [-0.1, -0.05) is 0 Å². The molecule has 2 aliphatic rings. The predicted octanol–water partition coefficient (Wildman–Crippen LogP) is 2.20. The van der Waals surface area contributed by atoms with Crippen molar-refractivity contribution in [2.75, 3.05) is 0 Å². The molecule has 4 rings (SSSR count). The number of benzene rings is 2. The van der Waals surface area contributed by atoms with Gasteiger partial charge in [0.2, 0.25) is 0 Å². The summed E-state index contributed by atoms with van der Waals surface area (Å²) in [5, 5.41) is 0.539. The van der Waals surface area contributed by atoms with Crippen LogP contribution in [0.15, 0.2) is 24.3 Å². The first-order chi connectivity index (χ1) is 11.6. The lowest BCUT2D eigenvalue weighted by Crippen LogP contribution is -2.26. The van der Waals surface area contributed by atoms with Gasteiger partial charge >= 0.3 is 23.9 Å². The highest BCUT2D eigenvalue weighted by atomic mass is 16.6. The van der Waals surface area contributed by atoms with Crippen LogP contribution in [0.2, 0.25) is 0 Å². The third-order valence-electron chi connectivity index (χ3n) is 3.41. The lowest BCUT2D eigenvalue weighted by atomic mass is 9.89. The highest BCUT2D eigenvalue weighted by molar-refractivity contribution is 6.29. The van der Waals surface area contributed by atoms with Crippen LogP contribution in [0.4, 0.5) is 0 Å². The highest BCUT2D eigenvalue weighted by Gasteiger charge is 2.35. The monoisotopic (exact) mass is 341 g/mol.